The Hall–Kier alpha value is -6.27. The lowest BCUT2D eigenvalue weighted by Gasteiger charge is -2.22. The average molecular weight is 660 g/mol. The quantitative estimate of drug-likeness (QED) is 0.144. The van der Waals surface area contributed by atoms with Crippen LogP contribution >= 0.6 is 0 Å². The van der Waals surface area contributed by atoms with Gasteiger partial charge in [-0.25, -0.2) is 4.68 Å². The van der Waals surface area contributed by atoms with Crippen LogP contribution in [0.25, 0.3) is 34.6 Å². The number of halogens is 3. The largest absolute Gasteiger partial charge is 0.416 e. The maximum Gasteiger partial charge on any atom is 0.416 e. The van der Waals surface area contributed by atoms with Gasteiger partial charge in [-0.05, 0) is 74.4 Å². The zero-order valence-corrected chi connectivity index (χ0v) is 27.0. The van der Waals surface area contributed by atoms with E-state index in [-0.39, 0.29) is 0 Å². The predicted molar refractivity (Wildman–Crippen MR) is 196 cm³/mol. The van der Waals surface area contributed by atoms with Crippen molar-refractivity contribution in [1.29, 1.82) is 0 Å². The molecule has 7 rings (SSSR count). The molecular formula is C44H32F3N3. The summed E-state index contributed by atoms with van der Waals surface area (Å²) in [6.07, 6.45) is 1.07. The molecule has 244 valence electrons. The topological polar surface area (TPSA) is 30.7 Å². The number of benzene rings is 6. The highest BCUT2D eigenvalue weighted by molar-refractivity contribution is 6.03. The standard InChI is InChI=1S/C44H32F3N3/c45-44(46,47)37-28-40(38(35-22-12-4-13-23-35)26-32-16-6-1-7-17-32)43(42-31-50(49-48-42)30-34-20-10-3-11-21-34)41(29-37)39(36-24-14-5-15-25-36)27-33-18-8-2-9-19-33/h1-29,31H,30H2/b38-26+,39-27+. The van der Waals surface area contributed by atoms with Crippen LogP contribution in [-0.4, -0.2) is 15.0 Å². The average Bonchev–Trinajstić information content (AvgIpc) is 3.62. The molecular weight excluding hydrogens is 627 g/mol. The minimum Gasteiger partial charge on any atom is -0.247 e. The molecule has 1 aromatic heterocycles. The second kappa shape index (κ2) is 14.5. The molecule has 1 heterocycles. The van der Waals surface area contributed by atoms with Gasteiger partial charge in [0.15, 0.2) is 0 Å². The van der Waals surface area contributed by atoms with E-state index in [4.69, 9.17) is 0 Å². The molecule has 0 N–H and O–H groups in total. The van der Waals surface area contributed by atoms with Crippen molar-refractivity contribution in [2.75, 3.05) is 0 Å². The third-order valence-electron chi connectivity index (χ3n) is 8.42. The van der Waals surface area contributed by atoms with E-state index in [9.17, 15) is 0 Å². The van der Waals surface area contributed by atoms with Crippen LogP contribution < -0.4 is 0 Å². The summed E-state index contributed by atoms with van der Waals surface area (Å²) in [6.45, 7) is 0.454. The second-order valence-corrected chi connectivity index (χ2v) is 11.9. The Kier molecular flexibility index (Phi) is 9.34. The van der Waals surface area contributed by atoms with E-state index in [2.05, 4.69) is 10.3 Å². The number of aromatic nitrogens is 3. The zero-order valence-electron chi connectivity index (χ0n) is 27.0. The van der Waals surface area contributed by atoms with Crippen molar-refractivity contribution in [2.45, 2.75) is 12.7 Å². The highest BCUT2D eigenvalue weighted by atomic mass is 19.4. The number of nitrogens with zero attached hydrogens (tertiary/aromatic N) is 3. The fraction of sp³-hybridized carbons (Fsp3) is 0.0455. The Labute approximate surface area is 289 Å². The van der Waals surface area contributed by atoms with Crippen LogP contribution in [0.4, 0.5) is 13.2 Å². The number of alkyl halides is 3. The van der Waals surface area contributed by atoms with Gasteiger partial charge in [0.2, 0.25) is 0 Å². The lowest BCUT2D eigenvalue weighted by molar-refractivity contribution is -0.137. The lowest BCUT2D eigenvalue weighted by Crippen LogP contribution is -2.09. The fourth-order valence-corrected chi connectivity index (χ4v) is 6.07. The summed E-state index contributed by atoms with van der Waals surface area (Å²) < 4.78 is 46.9. The predicted octanol–water partition coefficient (Wildman–Crippen LogP) is 11.2. The van der Waals surface area contributed by atoms with Crippen molar-refractivity contribution in [3.8, 4) is 11.3 Å². The Balaban J connectivity index is 1.58. The maximum absolute atomic E-state index is 15.0. The molecule has 3 nitrogen and oxygen atoms in total. The molecule has 6 heteroatoms. The first-order valence-corrected chi connectivity index (χ1v) is 16.3. The van der Waals surface area contributed by atoms with Gasteiger partial charge in [-0.15, -0.1) is 5.10 Å². The smallest absolute Gasteiger partial charge is 0.247 e. The Bertz CT molecular complexity index is 2130. The maximum atomic E-state index is 15.0. The first-order chi connectivity index (χ1) is 24.4. The van der Waals surface area contributed by atoms with Crippen LogP contribution in [0.1, 0.15) is 44.5 Å². The van der Waals surface area contributed by atoms with Crippen molar-refractivity contribution in [1.82, 2.24) is 15.0 Å². The molecule has 0 spiro atoms. The van der Waals surface area contributed by atoms with Gasteiger partial charge in [0, 0.05) is 5.56 Å². The summed E-state index contributed by atoms with van der Waals surface area (Å²) in [5.41, 5.74) is 6.58. The van der Waals surface area contributed by atoms with Gasteiger partial charge in [0.25, 0.3) is 0 Å². The summed E-state index contributed by atoms with van der Waals surface area (Å²) >= 11 is 0. The van der Waals surface area contributed by atoms with Crippen LogP contribution in [0.5, 0.6) is 0 Å². The van der Waals surface area contributed by atoms with Crippen LogP contribution in [-0.2, 0) is 12.7 Å². The molecule has 0 amide bonds. The molecule has 6 aromatic carbocycles. The summed E-state index contributed by atoms with van der Waals surface area (Å²) in [5.74, 6) is 0. The minimum atomic E-state index is -4.63. The normalized spacial score (nSPS) is 12.2. The first-order valence-electron chi connectivity index (χ1n) is 16.3. The van der Waals surface area contributed by atoms with Crippen molar-refractivity contribution in [3.63, 3.8) is 0 Å². The van der Waals surface area contributed by atoms with E-state index in [0.717, 1.165) is 27.8 Å². The van der Waals surface area contributed by atoms with Crippen LogP contribution in [0.3, 0.4) is 0 Å². The molecule has 0 bridgehead atoms. The highest BCUT2D eigenvalue weighted by Gasteiger charge is 2.34. The SMILES string of the molecule is FC(F)(F)c1cc(/C(=C/c2ccccc2)c2ccccc2)c(-c2cn(Cc3ccccc3)nn2)c(/C(=C/c2ccccc2)c2ccccc2)c1. The Morgan fingerprint density at radius 3 is 1.42 bits per heavy atom. The third-order valence-corrected chi connectivity index (χ3v) is 8.42. The van der Waals surface area contributed by atoms with E-state index < -0.39 is 11.7 Å². The number of hydrogen-bond acceptors (Lipinski definition) is 2. The molecule has 0 atom stereocenters. The molecule has 0 saturated heterocycles. The second-order valence-electron chi connectivity index (χ2n) is 11.9. The lowest BCUT2D eigenvalue weighted by atomic mass is 9.83. The molecule has 0 saturated carbocycles. The third kappa shape index (κ3) is 7.40. The Morgan fingerprint density at radius 1 is 0.560 bits per heavy atom. The van der Waals surface area contributed by atoms with Gasteiger partial charge in [0.05, 0.1) is 18.3 Å². The molecule has 0 fully saturated rings. The van der Waals surface area contributed by atoms with Crippen LogP contribution in [0.2, 0.25) is 0 Å². The van der Waals surface area contributed by atoms with Gasteiger partial charge >= 0.3 is 6.18 Å². The molecule has 0 unspecified atom stereocenters. The molecule has 7 aromatic rings. The summed E-state index contributed by atoms with van der Waals surface area (Å²) in [5, 5.41) is 9.12. The first kappa shape index (κ1) is 32.3. The molecule has 0 radical (unpaired) electrons. The van der Waals surface area contributed by atoms with E-state index in [0.29, 0.717) is 40.1 Å². The summed E-state index contributed by atoms with van der Waals surface area (Å²) in [7, 11) is 0. The van der Waals surface area contributed by atoms with E-state index in [1.165, 1.54) is 12.1 Å². The van der Waals surface area contributed by atoms with Crippen molar-refractivity contribution >= 4 is 23.3 Å². The van der Waals surface area contributed by atoms with Crippen LogP contribution in [0, 0.1) is 0 Å². The Morgan fingerprint density at radius 2 is 0.980 bits per heavy atom. The molecule has 0 aliphatic rings. The van der Waals surface area contributed by atoms with E-state index in [1.54, 1.807) is 4.68 Å². The van der Waals surface area contributed by atoms with Gasteiger partial charge < -0.3 is 0 Å². The number of hydrogen-bond donors (Lipinski definition) is 0. The van der Waals surface area contributed by atoms with Gasteiger partial charge in [-0.3, -0.25) is 0 Å². The highest BCUT2D eigenvalue weighted by Crippen LogP contribution is 2.44. The summed E-state index contributed by atoms with van der Waals surface area (Å²) in [6, 6.07) is 50.7. The zero-order chi connectivity index (χ0) is 34.3. The van der Waals surface area contributed by atoms with Crippen molar-refractivity contribution < 1.29 is 13.2 Å². The molecule has 0 aliphatic heterocycles. The van der Waals surface area contributed by atoms with Crippen molar-refractivity contribution in [3.05, 3.63) is 214 Å². The summed E-state index contributed by atoms with van der Waals surface area (Å²) in [4.78, 5) is 0. The van der Waals surface area contributed by atoms with Gasteiger partial charge in [0.1, 0.15) is 5.69 Å². The fourth-order valence-electron chi connectivity index (χ4n) is 6.07. The monoisotopic (exact) mass is 659 g/mol. The minimum absolute atomic E-state index is 0.395. The molecule has 0 aliphatic carbocycles. The van der Waals surface area contributed by atoms with Gasteiger partial charge in [-0.1, -0.05) is 157 Å². The molecule has 50 heavy (non-hydrogen) atoms. The number of rotatable bonds is 9. The van der Waals surface area contributed by atoms with E-state index in [1.807, 2.05) is 170 Å². The van der Waals surface area contributed by atoms with Gasteiger partial charge in [-0.2, -0.15) is 13.2 Å². The van der Waals surface area contributed by atoms with E-state index >= 15 is 13.2 Å². The van der Waals surface area contributed by atoms with Crippen LogP contribution in [0.15, 0.2) is 170 Å². The van der Waals surface area contributed by atoms with Crippen molar-refractivity contribution in [2.24, 2.45) is 0 Å².